The van der Waals surface area contributed by atoms with Crippen LogP contribution in [-0.4, -0.2) is 42.0 Å². The predicted octanol–water partition coefficient (Wildman–Crippen LogP) is 2.31. The van der Waals surface area contributed by atoms with Gasteiger partial charge in [0.25, 0.3) is 5.91 Å². The number of hydrogen-bond acceptors (Lipinski definition) is 3. The second-order valence-electron chi connectivity index (χ2n) is 4.90. The van der Waals surface area contributed by atoms with Crippen LogP contribution < -0.4 is 5.32 Å². The Hall–Kier alpha value is -0.940. The van der Waals surface area contributed by atoms with Gasteiger partial charge in [-0.25, -0.2) is 4.98 Å². The first kappa shape index (κ1) is 14.5. The Morgan fingerprint density at radius 3 is 2.79 bits per heavy atom. The fourth-order valence-corrected chi connectivity index (χ4v) is 2.59. The summed E-state index contributed by atoms with van der Waals surface area (Å²) >= 11 is 3.33. The van der Waals surface area contributed by atoms with Crippen LogP contribution in [0.25, 0.3) is 0 Å². The van der Waals surface area contributed by atoms with Gasteiger partial charge in [0.05, 0.1) is 0 Å². The lowest BCUT2D eigenvalue weighted by atomic mass is 9.96. The molecule has 0 atom stereocenters. The van der Waals surface area contributed by atoms with Crippen molar-refractivity contribution in [2.24, 2.45) is 5.92 Å². The van der Waals surface area contributed by atoms with E-state index in [4.69, 9.17) is 0 Å². The average Bonchev–Trinajstić information content (AvgIpc) is 2.46. The number of carbonyl (C=O) groups excluding carboxylic acids is 1. The standard InChI is InChI=1S/C14H20BrN3O/c1-2-16-9-11-5-7-18(8-6-11)14(19)13-4-3-12(15)10-17-13/h3-4,10-11,16H,2,5-9H2,1H3. The molecular weight excluding hydrogens is 306 g/mol. The van der Waals surface area contributed by atoms with Crippen molar-refractivity contribution in [2.45, 2.75) is 19.8 Å². The van der Waals surface area contributed by atoms with Crippen LogP contribution in [0.2, 0.25) is 0 Å². The van der Waals surface area contributed by atoms with Crippen LogP contribution in [0, 0.1) is 5.92 Å². The molecule has 0 saturated carbocycles. The molecule has 5 heteroatoms. The van der Waals surface area contributed by atoms with E-state index in [2.05, 4.69) is 33.2 Å². The van der Waals surface area contributed by atoms with Gasteiger partial charge in [0.2, 0.25) is 0 Å². The molecule has 1 saturated heterocycles. The monoisotopic (exact) mass is 325 g/mol. The van der Waals surface area contributed by atoms with Gasteiger partial charge in [-0.3, -0.25) is 4.79 Å². The first-order chi connectivity index (χ1) is 9.20. The van der Waals surface area contributed by atoms with Crippen molar-refractivity contribution >= 4 is 21.8 Å². The molecule has 4 nitrogen and oxygen atoms in total. The van der Waals surface area contributed by atoms with Gasteiger partial charge >= 0.3 is 0 Å². The molecule has 0 spiro atoms. The van der Waals surface area contributed by atoms with E-state index < -0.39 is 0 Å². The summed E-state index contributed by atoms with van der Waals surface area (Å²) < 4.78 is 0.897. The lowest BCUT2D eigenvalue weighted by Gasteiger charge is -2.31. The van der Waals surface area contributed by atoms with E-state index >= 15 is 0 Å². The van der Waals surface area contributed by atoms with Crippen LogP contribution in [0.3, 0.4) is 0 Å². The van der Waals surface area contributed by atoms with Crippen molar-refractivity contribution in [3.8, 4) is 0 Å². The summed E-state index contributed by atoms with van der Waals surface area (Å²) in [7, 11) is 0. The zero-order valence-electron chi connectivity index (χ0n) is 11.2. The zero-order valence-corrected chi connectivity index (χ0v) is 12.8. The number of nitrogens with one attached hydrogen (secondary N) is 1. The van der Waals surface area contributed by atoms with Gasteiger partial charge in [-0.05, 0) is 59.9 Å². The molecule has 2 rings (SSSR count). The second-order valence-corrected chi connectivity index (χ2v) is 5.82. The topological polar surface area (TPSA) is 45.2 Å². The van der Waals surface area contributed by atoms with Crippen molar-refractivity contribution < 1.29 is 4.79 Å². The van der Waals surface area contributed by atoms with Crippen molar-refractivity contribution in [3.63, 3.8) is 0 Å². The minimum absolute atomic E-state index is 0.0504. The van der Waals surface area contributed by atoms with Gasteiger partial charge in [-0.1, -0.05) is 6.92 Å². The summed E-state index contributed by atoms with van der Waals surface area (Å²) in [4.78, 5) is 18.4. The first-order valence-electron chi connectivity index (χ1n) is 6.82. The number of pyridine rings is 1. The molecule has 1 aliphatic rings. The quantitative estimate of drug-likeness (QED) is 0.923. The number of hydrogen-bond donors (Lipinski definition) is 1. The summed E-state index contributed by atoms with van der Waals surface area (Å²) in [6.07, 6.45) is 3.83. The lowest BCUT2D eigenvalue weighted by molar-refractivity contribution is 0.0684. The highest BCUT2D eigenvalue weighted by Crippen LogP contribution is 2.18. The Labute approximate surface area is 122 Å². The average molecular weight is 326 g/mol. The fourth-order valence-electron chi connectivity index (χ4n) is 2.35. The number of halogens is 1. The van der Waals surface area contributed by atoms with Crippen molar-refractivity contribution in [3.05, 3.63) is 28.5 Å². The normalized spacial score (nSPS) is 16.6. The lowest BCUT2D eigenvalue weighted by Crippen LogP contribution is -2.41. The maximum absolute atomic E-state index is 12.3. The van der Waals surface area contributed by atoms with Crippen LogP contribution in [0.15, 0.2) is 22.8 Å². The fraction of sp³-hybridized carbons (Fsp3) is 0.571. The molecule has 104 valence electrons. The highest BCUT2D eigenvalue weighted by molar-refractivity contribution is 9.10. The van der Waals surface area contributed by atoms with E-state index in [-0.39, 0.29) is 5.91 Å². The van der Waals surface area contributed by atoms with Crippen LogP contribution in [0.1, 0.15) is 30.3 Å². The SMILES string of the molecule is CCNCC1CCN(C(=O)c2ccc(Br)cn2)CC1. The molecule has 2 heterocycles. The van der Waals surface area contributed by atoms with E-state index in [1.54, 1.807) is 12.3 Å². The third-order valence-corrected chi connectivity index (χ3v) is 4.00. The first-order valence-corrected chi connectivity index (χ1v) is 7.61. The molecule has 1 fully saturated rings. The molecule has 0 unspecified atom stereocenters. The number of carbonyl (C=O) groups is 1. The largest absolute Gasteiger partial charge is 0.337 e. The predicted molar refractivity (Wildman–Crippen MR) is 79.1 cm³/mol. The minimum Gasteiger partial charge on any atom is -0.337 e. The number of aromatic nitrogens is 1. The van der Waals surface area contributed by atoms with Gasteiger partial charge < -0.3 is 10.2 Å². The Bertz CT molecular complexity index is 413. The summed E-state index contributed by atoms with van der Waals surface area (Å²) in [5, 5.41) is 3.38. The smallest absolute Gasteiger partial charge is 0.272 e. The van der Waals surface area contributed by atoms with Crippen LogP contribution in [-0.2, 0) is 0 Å². The maximum Gasteiger partial charge on any atom is 0.272 e. The minimum atomic E-state index is 0.0504. The van der Waals surface area contributed by atoms with Gasteiger partial charge in [0, 0.05) is 23.8 Å². The Balaban J connectivity index is 1.87. The summed E-state index contributed by atoms with van der Waals surface area (Å²) in [5.41, 5.74) is 0.535. The zero-order chi connectivity index (χ0) is 13.7. The molecule has 0 aromatic carbocycles. The van der Waals surface area contributed by atoms with Gasteiger partial charge in [0.1, 0.15) is 5.69 Å². The van der Waals surface area contributed by atoms with E-state index in [0.717, 1.165) is 43.5 Å². The third kappa shape index (κ3) is 4.01. The molecule has 19 heavy (non-hydrogen) atoms. The van der Waals surface area contributed by atoms with E-state index in [1.807, 2.05) is 11.0 Å². The van der Waals surface area contributed by atoms with E-state index in [9.17, 15) is 4.79 Å². The molecule has 1 aromatic rings. The molecule has 1 N–H and O–H groups in total. The van der Waals surface area contributed by atoms with Crippen LogP contribution >= 0.6 is 15.9 Å². The maximum atomic E-state index is 12.3. The van der Waals surface area contributed by atoms with Gasteiger partial charge in [-0.15, -0.1) is 0 Å². The van der Waals surface area contributed by atoms with Crippen molar-refractivity contribution in [1.82, 2.24) is 15.2 Å². The Morgan fingerprint density at radius 2 is 2.21 bits per heavy atom. The number of rotatable bonds is 4. The summed E-state index contributed by atoms with van der Waals surface area (Å²) in [6, 6.07) is 3.63. The molecule has 1 amide bonds. The molecular formula is C14H20BrN3O. The molecule has 0 bridgehead atoms. The number of amides is 1. The highest BCUT2D eigenvalue weighted by Gasteiger charge is 2.23. The molecule has 1 aromatic heterocycles. The second kappa shape index (κ2) is 7.01. The van der Waals surface area contributed by atoms with Crippen LogP contribution in [0.4, 0.5) is 0 Å². The van der Waals surface area contributed by atoms with Gasteiger partial charge in [-0.2, -0.15) is 0 Å². The van der Waals surface area contributed by atoms with Crippen molar-refractivity contribution in [1.29, 1.82) is 0 Å². The van der Waals surface area contributed by atoms with E-state index in [1.165, 1.54) is 0 Å². The molecule has 0 aliphatic carbocycles. The highest BCUT2D eigenvalue weighted by atomic mass is 79.9. The number of likely N-dealkylation sites (tertiary alicyclic amines) is 1. The Kier molecular flexibility index (Phi) is 5.34. The van der Waals surface area contributed by atoms with E-state index in [0.29, 0.717) is 11.6 Å². The molecule has 0 radical (unpaired) electrons. The third-order valence-electron chi connectivity index (χ3n) is 3.53. The summed E-state index contributed by atoms with van der Waals surface area (Å²) in [6.45, 7) is 5.88. The Morgan fingerprint density at radius 1 is 1.47 bits per heavy atom. The molecule has 1 aliphatic heterocycles. The number of nitrogens with zero attached hydrogens (tertiary/aromatic N) is 2. The summed E-state index contributed by atoms with van der Waals surface area (Å²) in [5.74, 6) is 0.747. The van der Waals surface area contributed by atoms with Gasteiger partial charge in [0.15, 0.2) is 0 Å². The van der Waals surface area contributed by atoms with Crippen LogP contribution in [0.5, 0.6) is 0 Å². The van der Waals surface area contributed by atoms with Crippen molar-refractivity contribution in [2.75, 3.05) is 26.2 Å². The number of piperidine rings is 1.